The molecule has 0 saturated heterocycles. The van der Waals surface area contributed by atoms with E-state index in [4.69, 9.17) is 0 Å². The molecule has 2 rings (SSSR count). The summed E-state index contributed by atoms with van der Waals surface area (Å²) in [6, 6.07) is 2.83. The van der Waals surface area contributed by atoms with Crippen molar-refractivity contribution in [2.75, 3.05) is 0 Å². The van der Waals surface area contributed by atoms with Gasteiger partial charge in [-0.05, 0) is 44.6 Å². The number of hydrogen-bond acceptors (Lipinski definition) is 6. The maximum Gasteiger partial charge on any atom is 0.170 e. The van der Waals surface area contributed by atoms with Gasteiger partial charge in [0.2, 0.25) is 0 Å². The van der Waals surface area contributed by atoms with E-state index in [2.05, 4.69) is 41.5 Å². The van der Waals surface area contributed by atoms with E-state index in [-0.39, 0.29) is 5.54 Å². The standard InChI is InChI=1S/C13H20N4S2/c1-4-11-15-12(19-17-11)18-10-5-6-13(7-10,8-14)16-9(2)3/h9-10,16H,4-7H2,1-3H3. The number of hydrogen-bond donors (Lipinski definition) is 1. The number of nitriles is 1. The topological polar surface area (TPSA) is 61.6 Å². The first-order chi connectivity index (χ1) is 9.07. The Balaban J connectivity index is 1.96. The molecule has 1 aromatic rings. The minimum atomic E-state index is -0.343. The molecule has 1 aromatic heterocycles. The molecule has 19 heavy (non-hydrogen) atoms. The summed E-state index contributed by atoms with van der Waals surface area (Å²) in [6.45, 7) is 6.26. The van der Waals surface area contributed by atoms with Crippen LogP contribution >= 0.6 is 23.3 Å². The first kappa shape index (κ1) is 14.8. The molecule has 6 heteroatoms. The highest BCUT2D eigenvalue weighted by atomic mass is 32.2. The molecular formula is C13H20N4S2. The summed E-state index contributed by atoms with van der Waals surface area (Å²) < 4.78 is 5.35. The van der Waals surface area contributed by atoms with Crippen molar-refractivity contribution >= 4 is 23.3 Å². The smallest absolute Gasteiger partial charge is 0.170 e. The number of aryl methyl sites for hydroxylation is 1. The Morgan fingerprint density at radius 1 is 1.63 bits per heavy atom. The molecule has 1 saturated carbocycles. The maximum atomic E-state index is 9.44. The SMILES string of the molecule is CCc1nsc(SC2CCC(C#N)(NC(C)C)C2)n1. The molecule has 2 atom stereocenters. The monoisotopic (exact) mass is 296 g/mol. The highest BCUT2D eigenvalue weighted by Crippen LogP contribution is 2.40. The van der Waals surface area contributed by atoms with Crippen molar-refractivity contribution in [1.82, 2.24) is 14.7 Å². The number of rotatable bonds is 5. The number of thioether (sulfide) groups is 1. The van der Waals surface area contributed by atoms with E-state index in [9.17, 15) is 5.26 Å². The van der Waals surface area contributed by atoms with E-state index in [0.29, 0.717) is 11.3 Å². The first-order valence-electron chi connectivity index (χ1n) is 6.75. The zero-order valence-corrected chi connectivity index (χ0v) is 13.3. The summed E-state index contributed by atoms with van der Waals surface area (Å²) in [4.78, 5) is 4.49. The maximum absolute atomic E-state index is 9.44. The summed E-state index contributed by atoms with van der Waals surface area (Å²) in [5, 5.41) is 13.3. The van der Waals surface area contributed by atoms with Crippen LogP contribution in [-0.2, 0) is 6.42 Å². The fourth-order valence-corrected chi connectivity index (χ4v) is 4.73. The van der Waals surface area contributed by atoms with Crippen LogP contribution in [0.15, 0.2) is 4.34 Å². The Labute approximate surface area is 123 Å². The largest absolute Gasteiger partial charge is 0.297 e. The average molecular weight is 296 g/mol. The van der Waals surface area contributed by atoms with Crippen LogP contribution in [0.2, 0.25) is 0 Å². The van der Waals surface area contributed by atoms with Crippen LogP contribution in [0.1, 0.15) is 45.9 Å². The van der Waals surface area contributed by atoms with E-state index in [0.717, 1.165) is 35.8 Å². The third kappa shape index (κ3) is 3.68. The average Bonchev–Trinajstić information content (AvgIpc) is 2.97. The predicted octanol–water partition coefficient (Wildman–Crippen LogP) is 3.01. The van der Waals surface area contributed by atoms with Crippen LogP contribution in [0, 0.1) is 11.3 Å². The quantitative estimate of drug-likeness (QED) is 0.905. The third-order valence-corrected chi connectivity index (χ3v) is 5.37. The minimum absolute atomic E-state index is 0.343. The van der Waals surface area contributed by atoms with Gasteiger partial charge in [0.25, 0.3) is 0 Å². The van der Waals surface area contributed by atoms with Gasteiger partial charge in [-0.3, -0.25) is 5.32 Å². The van der Waals surface area contributed by atoms with Gasteiger partial charge in [-0.25, -0.2) is 4.98 Å². The lowest BCUT2D eigenvalue weighted by atomic mass is 9.99. The van der Waals surface area contributed by atoms with E-state index < -0.39 is 0 Å². The molecular weight excluding hydrogens is 276 g/mol. The molecule has 1 N–H and O–H groups in total. The Morgan fingerprint density at radius 2 is 2.42 bits per heavy atom. The summed E-state index contributed by atoms with van der Waals surface area (Å²) >= 11 is 3.27. The van der Waals surface area contributed by atoms with Crippen molar-refractivity contribution in [1.29, 1.82) is 5.26 Å². The summed E-state index contributed by atoms with van der Waals surface area (Å²) in [7, 11) is 0. The molecule has 4 nitrogen and oxygen atoms in total. The molecule has 1 fully saturated rings. The van der Waals surface area contributed by atoms with Gasteiger partial charge in [0, 0.05) is 17.7 Å². The van der Waals surface area contributed by atoms with Gasteiger partial charge >= 0.3 is 0 Å². The Hall–Kier alpha value is -0.640. The first-order valence-corrected chi connectivity index (χ1v) is 8.40. The van der Waals surface area contributed by atoms with E-state index in [1.807, 2.05) is 0 Å². The Bertz CT molecular complexity index is 465. The van der Waals surface area contributed by atoms with E-state index in [1.165, 1.54) is 11.5 Å². The van der Waals surface area contributed by atoms with E-state index >= 15 is 0 Å². The van der Waals surface area contributed by atoms with Crippen LogP contribution in [0.5, 0.6) is 0 Å². The van der Waals surface area contributed by atoms with Crippen LogP contribution < -0.4 is 5.32 Å². The summed E-state index contributed by atoms with van der Waals surface area (Å²) in [6.07, 6.45) is 3.78. The molecule has 0 spiro atoms. The van der Waals surface area contributed by atoms with Crippen molar-refractivity contribution in [2.45, 2.75) is 67.6 Å². The lowest BCUT2D eigenvalue weighted by molar-refractivity contribution is 0.386. The Kier molecular flexibility index (Phi) is 4.82. The number of aromatic nitrogens is 2. The number of nitrogens with zero attached hydrogens (tertiary/aromatic N) is 3. The van der Waals surface area contributed by atoms with Gasteiger partial charge in [-0.1, -0.05) is 18.7 Å². The minimum Gasteiger partial charge on any atom is -0.297 e. The zero-order chi connectivity index (χ0) is 13.9. The second-order valence-electron chi connectivity index (χ2n) is 5.31. The predicted molar refractivity (Wildman–Crippen MR) is 79.4 cm³/mol. The molecule has 1 heterocycles. The van der Waals surface area contributed by atoms with Crippen molar-refractivity contribution in [3.05, 3.63) is 5.82 Å². The van der Waals surface area contributed by atoms with Gasteiger partial charge in [-0.15, -0.1) is 0 Å². The van der Waals surface area contributed by atoms with Gasteiger partial charge in [0.15, 0.2) is 4.34 Å². The molecule has 1 aliphatic carbocycles. The number of nitrogens with one attached hydrogen (secondary N) is 1. The molecule has 0 bridgehead atoms. The molecule has 0 aromatic carbocycles. The van der Waals surface area contributed by atoms with Crippen molar-refractivity contribution < 1.29 is 0 Å². The van der Waals surface area contributed by atoms with Crippen molar-refractivity contribution in [2.24, 2.45) is 0 Å². The van der Waals surface area contributed by atoms with Gasteiger partial charge in [0.05, 0.1) is 6.07 Å². The molecule has 104 valence electrons. The second kappa shape index (κ2) is 6.21. The van der Waals surface area contributed by atoms with Crippen LogP contribution in [0.25, 0.3) is 0 Å². The third-order valence-electron chi connectivity index (χ3n) is 3.28. The van der Waals surface area contributed by atoms with E-state index in [1.54, 1.807) is 11.8 Å². The summed E-state index contributed by atoms with van der Waals surface area (Å²) in [5.74, 6) is 0.928. The van der Waals surface area contributed by atoms with Gasteiger partial charge in [-0.2, -0.15) is 9.64 Å². The highest BCUT2D eigenvalue weighted by Gasteiger charge is 2.40. The molecule has 1 aliphatic rings. The van der Waals surface area contributed by atoms with Gasteiger partial charge in [0.1, 0.15) is 11.4 Å². The normalized spacial score (nSPS) is 26.8. The fourth-order valence-electron chi connectivity index (χ4n) is 2.49. The molecule has 0 amide bonds. The highest BCUT2D eigenvalue weighted by molar-refractivity contribution is 8.01. The van der Waals surface area contributed by atoms with Crippen molar-refractivity contribution in [3.8, 4) is 6.07 Å². The van der Waals surface area contributed by atoms with Crippen LogP contribution in [-0.4, -0.2) is 26.2 Å². The lowest BCUT2D eigenvalue weighted by Crippen LogP contribution is -2.45. The van der Waals surface area contributed by atoms with Crippen molar-refractivity contribution in [3.63, 3.8) is 0 Å². The van der Waals surface area contributed by atoms with Crippen LogP contribution in [0.3, 0.4) is 0 Å². The zero-order valence-electron chi connectivity index (χ0n) is 11.6. The molecule has 2 unspecified atom stereocenters. The molecule has 0 aliphatic heterocycles. The van der Waals surface area contributed by atoms with Crippen LogP contribution in [0.4, 0.5) is 0 Å². The summed E-state index contributed by atoms with van der Waals surface area (Å²) in [5.41, 5.74) is -0.343. The molecule has 0 radical (unpaired) electrons. The Morgan fingerprint density at radius 3 is 3.00 bits per heavy atom. The van der Waals surface area contributed by atoms with Gasteiger partial charge < -0.3 is 0 Å². The fraction of sp³-hybridized carbons (Fsp3) is 0.769. The lowest BCUT2D eigenvalue weighted by Gasteiger charge is -2.25. The second-order valence-corrected chi connectivity index (χ2v) is 7.61.